The van der Waals surface area contributed by atoms with E-state index in [0.717, 1.165) is 23.4 Å². The molecule has 0 spiro atoms. The minimum Gasteiger partial charge on any atom is -0.486 e. The fourth-order valence-electron chi connectivity index (χ4n) is 4.32. The number of urea groups is 1. The van der Waals surface area contributed by atoms with Crippen LogP contribution in [0.5, 0.6) is 11.5 Å². The fraction of sp³-hybridized carbons (Fsp3) is 0.261. The van der Waals surface area contributed by atoms with Crippen LogP contribution in [0.3, 0.4) is 0 Å². The van der Waals surface area contributed by atoms with Crippen molar-refractivity contribution in [1.29, 1.82) is 0 Å². The summed E-state index contributed by atoms with van der Waals surface area (Å²) in [5, 5.41) is 2.97. The third kappa shape index (κ3) is 3.22. The lowest BCUT2D eigenvalue weighted by atomic mass is 10.2. The van der Waals surface area contributed by atoms with Gasteiger partial charge in [-0.15, -0.1) is 0 Å². The molecule has 0 unspecified atom stereocenters. The summed E-state index contributed by atoms with van der Waals surface area (Å²) >= 11 is 0. The van der Waals surface area contributed by atoms with Gasteiger partial charge in [-0.25, -0.2) is 14.8 Å². The molecular formula is C23H21N5O4. The first-order valence-corrected chi connectivity index (χ1v) is 10.6. The Balaban J connectivity index is 1.24. The summed E-state index contributed by atoms with van der Waals surface area (Å²) in [5.74, 6) is 2.75. The SMILES string of the molecule is O=C(Nc1ccc2c(c1)OCCO2)N1CC[C@H](n2c(-c3ccco3)nc3cccnc32)C1. The van der Waals surface area contributed by atoms with E-state index in [1.165, 1.54) is 0 Å². The van der Waals surface area contributed by atoms with Gasteiger partial charge < -0.3 is 28.7 Å². The number of benzene rings is 1. The van der Waals surface area contributed by atoms with Crippen molar-refractivity contribution >= 4 is 22.9 Å². The number of carbonyl (C=O) groups excluding carboxylic acids is 1. The average molecular weight is 431 g/mol. The zero-order valence-corrected chi connectivity index (χ0v) is 17.2. The Bertz CT molecular complexity index is 1280. The number of furan rings is 1. The van der Waals surface area contributed by atoms with Gasteiger partial charge in [0.15, 0.2) is 28.7 Å². The van der Waals surface area contributed by atoms with Crippen LogP contribution in [0.4, 0.5) is 10.5 Å². The molecule has 9 nitrogen and oxygen atoms in total. The van der Waals surface area contributed by atoms with Gasteiger partial charge in [-0.1, -0.05) is 0 Å². The van der Waals surface area contributed by atoms with Crippen LogP contribution >= 0.6 is 0 Å². The molecule has 1 saturated heterocycles. The standard InChI is InChI=1S/C23H21N5O4/c29-23(25-15-5-6-18-20(13-15)32-12-11-31-18)27-9-7-16(14-27)28-21-17(3-1-8-24-21)26-22(28)19-4-2-10-30-19/h1-6,8,10,13,16H,7,9,11-12,14H2,(H,25,29)/t16-/m0/s1. The van der Waals surface area contributed by atoms with Crippen LogP contribution in [-0.4, -0.2) is 51.8 Å². The molecule has 9 heteroatoms. The zero-order chi connectivity index (χ0) is 21.5. The predicted octanol–water partition coefficient (Wildman–Crippen LogP) is 3.94. The smallest absolute Gasteiger partial charge is 0.321 e. The Morgan fingerprint density at radius 2 is 2.00 bits per heavy atom. The number of ether oxygens (including phenoxy) is 2. The second kappa shape index (κ2) is 7.60. The van der Waals surface area contributed by atoms with Crippen molar-refractivity contribution in [1.82, 2.24) is 19.4 Å². The van der Waals surface area contributed by atoms with Crippen LogP contribution in [0, 0.1) is 0 Å². The molecule has 2 aliphatic rings. The van der Waals surface area contributed by atoms with E-state index in [4.69, 9.17) is 18.9 Å². The van der Waals surface area contributed by atoms with E-state index in [1.807, 2.05) is 41.3 Å². The van der Waals surface area contributed by atoms with E-state index < -0.39 is 0 Å². The van der Waals surface area contributed by atoms with Crippen LogP contribution in [0.25, 0.3) is 22.7 Å². The molecule has 0 bridgehead atoms. The molecule has 4 aromatic rings. The maximum Gasteiger partial charge on any atom is 0.321 e. The largest absolute Gasteiger partial charge is 0.486 e. The number of nitrogens with zero attached hydrogens (tertiary/aromatic N) is 4. The van der Waals surface area contributed by atoms with Crippen molar-refractivity contribution in [3.05, 3.63) is 54.9 Å². The highest BCUT2D eigenvalue weighted by Crippen LogP contribution is 2.34. The molecule has 2 aliphatic heterocycles. The van der Waals surface area contributed by atoms with Crippen molar-refractivity contribution in [2.75, 3.05) is 31.6 Å². The Labute approximate surface area is 183 Å². The lowest BCUT2D eigenvalue weighted by Gasteiger charge is -2.21. The molecule has 0 radical (unpaired) electrons. The number of aromatic nitrogens is 3. The highest BCUT2D eigenvalue weighted by molar-refractivity contribution is 5.90. The summed E-state index contributed by atoms with van der Waals surface area (Å²) in [6, 6.07) is 12.9. The minimum absolute atomic E-state index is 0.0426. The van der Waals surface area contributed by atoms with Gasteiger partial charge in [0.2, 0.25) is 0 Å². The fourth-order valence-corrected chi connectivity index (χ4v) is 4.32. The van der Waals surface area contributed by atoms with E-state index in [0.29, 0.717) is 49.2 Å². The highest BCUT2D eigenvalue weighted by atomic mass is 16.6. The summed E-state index contributed by atoms with van der Waals surface area (Å²) in [6.07, 6.45) is 4.19. The summed E-state index contributed by atoms with van der Waals surface area (Å²) in [4.78, 5) is 24.1. The van der Waals surface area contributed by atoms with Gasteiger partial charge in [0, 0.05) is 31.0 Å². The molecule has 1 N–H and O–H groups in total. The first-order valence-electron chi connectivity index (χ1n) is 10.6. The van der Waals surface area contributed by atoms with Gasteiger partial charge in [0.1, 0.15) is 18.7 Å². The number of fused-ring (bicyclic) bond motifs is 2. The first-order chi connectivity index (χ1) is 15.8. The van der Waals surface area contributed by atoms with Gasteiger partial charge >= 0.3 is 6.03 Å². The van der Waals surface area contributed by atoms with Crippen LogP contribution < -0.4 is 14.8 Å². The molecule has 1 aromatic carbocycles. The van der Waals surface area contributed by atoms with Crippen LogP contribution in [0.15, 0.2) is 59.3 Å². The normalized spacial score (nSPS) is 17.6. The van der Waals surface area contributed by atoms with E-state index in [-0.39, 0.29) is 12.1 Å². The van der Waals surface area contributed by atoms with Crippen molar-refractivity contribution in [2.24, 2.45) is 0 Å². The van der Waals surface area contributed by atoms with Crippen molar-refractivity contribution < 1.29 is 18.7 Å². The van der Waals surface area contributed by atoms with E-state index in [1.54, 1.807) is 18.5 Å². The lowest BCUT2D eigenvalue weighted by molar-refractivity contribution is 0.171. The Kier molecular flexibility index (Phi) is 4.45. The third-order valence-corrected chi connectivity index (χ3v) is 5.80. The number of amides is 2. The molecule has 1 fully saturated rings. The molecular weight excluding hydrogens is 410 g/mol. The average Bonchev–Trinajstić information content (AvgIpc) is 3.58. The maximum atomic E-state index is 13.0. The molecule has 1 atom stereocenters. The number of imidazole rings is 1. The highest BCUT2D eigenvalue weighted by Gasteiger charge is 2.31. The Morgan fingerprint density at radius 3 is 2.88 bits per heavy atom. The number of carbonyl (C=O) groups is 1. The summed E-state index contributed by atoms with van der Waals surface area (Å²) in [5.41, 5.74) is 2.27. The lowest BCUT2D eigenvalue weighted by Crippen LogP contribution is -2.33. The molecule has 0 aliphatic carbocycles. The topological polar surface area (TPSA) is 94.7 Å². The van der Waals surface area contributed by atoms with Crippen molar-refractivity contribution in [3.63, 3.8) is 0 Å². The van der Waals surface area contributed by atoms with Gasteiger partial charge in [0.05, 0.1) is 12.3 Å². The summed E-state index contributed by atoms with van der Waals surface area (Å²) < 4.78 is 18.9. The second-order valence-corrected chi connectivity index (χ2v) is 7.81. The molecule has 3 aromatic heterocycles. The number of nitrogens with one attached hydrogen (secondary N) is 1. The molecule has 162 valence electrons. The van der Waals surface area contributed by atoms with Gasteiger partial charge in [-0.2, -0.15) is 0 Å². The minimum atomic E-state index is -0.152. The summed E-state index contributed by atoms with van der Waals surface area (Å²) in [6.45, 7) is 2.21. The molecule has 6 rings (SSSR count). The second-order valence-electron chi connectivity index (χ2n) is 7.81. The number of likely N-dealkylation sites (tertiary alicyclic amines) is 1. The number of anilines is 1. The van der Waals surface area contributed by atoms with Crippen LogP contribution in [0.1, 0.15) is 12.5 Å². The maximum absolute atomic E-state index is 13.0. The Hall–Kier alpha value is -4.01. The zero-order valence-electron chi connectivity index (χ0n) is 17.2. The predicted molar refractivity (Wildman–Crippen MR) is 117 cm³/mol. The number of rotatable bonds is 3. The quantitative estimate of drug-likeness (QED) is 0.528. The van der Waals surface area contributed by atoms with E-state index >= 15 is 0 Å². The third-order valence-electron chi connectivity index (χ3n) is 5.80. The van der Waals surface area contributed by atoms with Gasteiger partial charge in [0.25, 0.3) is 0 Å². The number of hydrogen-bond donors (Lipinski definition) is 1. The number of hydrogen-bond acceptors (Lipinski definition) is 6. The van der Waals surface area contributed by atoms with Crippen molar-refractivity contribution in [2.45, 2.75) is 12.5 Å². The Morgan fingerprint density at radius 1 is 1.09 bits per heavy atom. The van der Waals surface area contributed by atoms with E-state index in [2.05, 4.69) is 14.9 Å². The van der Waals surface area contributed by atoms with Crippen LogP contribution in [-0.2, 0) is 0 Å². The monoisotopic (exact) mass is 431 g/mol. The van der Waals surface area contributed by atoms with Crippen LogP contribution in [0.2, 0.25) is 0 Å². The number of pyridine rings is 1. The molecule has 0 saturated carbocycles. The van der Waals surface area contributed by atoms with E-state index in [9.17, 15) is 4.79 Å². The summed E-state index contributed by atoms with van der Waals surface area (Å²) in [7, 11) is 0. The molecule has 5 heterocycles. The molecule has 32 heavy (non-hydrogen) atoms. The van der Waals surface area contributed by atoms with Gasteiger partial charge in [-0.05, 0) is 42.8 Å². The molecule has 2 amide bonds. The first kappa shape index (κ1) is 18.7. The van der Waals surface area contributed by atoms with Gasteiger partial charge in [-0.3, -0.25) is 0 Å². The van der Waals surface area contributed by atoms with Crippen molar-refractivity contribution in [3.8, 4) is 23.1 Å².